The van der Waals surface area contributed by atoms with Gasteiger partial charge in [-0.05, 0) is 66.6 Å². The van der Waals surface area contributed by atoms with Gasteiger partial charge in [-0.25, -0.2) is 19.9 Å². The van der Waals surface area contributed by atoms with Gasteiger partial charge in [-0.3, -0.25) is 0 Å². The van der Waals surface area contributed by atoms with Gasteiger partial charge in [-0.1, -0.05) is 109 Å². The fraction of sp³-hybridized carbons (Fsp3) is 0.0233. The van der Waals surface area contributed by atoms with Crippen LogP contribution >= 0.6 is 23.1 Å². The molecule has 9 rings (SSSR count). The van der Waals surface area contributed by atoms with Crippen LogP contribution in [0.25, 0.3) is 81.8 Å². The second kappa shape index (κ2) is 12.5. The maximum atomic E-state index is 6.43. The van der Waals surface area contributed by atoms with Crippen LogP contribution in [0.3, 0.4) is 0 Å². The summed E-state index contributed by atoms with van der Waals surface area (Å²) in [4.78, 5) is 22.4. The maximum Gasteiger partial charge on any atom is 0.167 e. The predicted molar refractivity (Wildman–Crippen MR) is 208 cm³/mol. The van der Waals surface area contributed by atoms with E-state index in [1.165, 1.54) is 5.56 Å². The van der Waals surface area contributed by atoms with Gasteiger partial charge in [0, 0.05) is 37.3 Å². The van der Waals surface area contributed by atoms with Crippen molar-refractivity contribution in [1.29, 1.82) is 0 Å². The number of aryl methyl sites for hydroxylation is 1. The SMILES string of the molecule is C=C(Sc1ccccc1C)c1cc(-c2nc(-c3ccccc3)nc(-c3cccc4c3oc3ccccc34)n2)cc(-c2nc3ccccc3s2)c1. The lowest BCUT2D eigenvalue weighted by molar-refractivity contribution is 0.669. The molecule has 0 amide bonds. The molecule has 0 N–H and O–H groups in total. The van der Waals surface area contributed by atoms with E-state index in [1.807, 2.05) is 72.8 Å². The zero-order valence-corrected chi connectivity index (χ0v) is 28.6. The Morgan fingerprint density at radius 3 is 2.18 bits per heavy atom. The molecule has 0 fully saturated rings. The average Bonchev–Trinajstić information content (AvgIpc) is 3.78. The van der Waals surface area contributed by atoms with E-state index in [9.17, 15) is 0 Å². The lowest BCUT2D eigenvalue weighted by Crippen LogP contribution is -2.01. The molecule has 0 unspecified atom stereocenters. The molecule has 238 valence electrons. The van der Waals surface area contributed by atoms with Gasteiger partial charge in [0.15, 0.2) is 17.5 Å². The minimum absolute atomic E-state index is 0.540. The van der Waals surface area contributed by atoms with Crippen molar-refractivity contribution in [2.24, 2.45) is 0 Å². The predicted octanol–water partition coefficient (Wildman–Crippen LogP) is 12.1. The maximum absolute atomic E-state index is 6.43. The van der Waals surface area contributed by atoms with Crippen LogP contribution in [0.5, 0.6) is 0 Å². The fourth-order valence-corrected chi connectivity index (χ4v) is 7.99. The van der Waals surface area contributed by atoms with E-state index in [2.05, 4.69) is 80.2 Å². The average molecular weight is 681 g/mol. The van der Waals surface area contributed by atoms with Crippen molar-refractivity contribution in [3.63, 3.8) is 0 Å². The molecular formula is C43H28N4OS2. The highest BCUT2D eigenvalue weighted by atomic mass is 32.2. The van der Waals surface area contributed by atoms with Gasteiger partial charge in [0.2, 0.25) is 0 Å². The topological polar surface area (TPSA) is 64.7 Å². The molecule has 0 aliphatic rings. The Morgan fingerprint density at radius 1 is 0.620 bits per heavy atom. The Hall–Kier alpha value is -5.89. The van der Waals surface area contributed by atoms with Gasteiger partial charge in [0.05, 0.1) is 15.8 Å². The molecule has 0 atom stereocenters. The number of nitrogens with zero attached hydrogens (tertiary/aromatic N) is 4. The van der Waals surface area contributed by atoms with Crippen LogP contribution < -0.4 is 0 Å². The molecule has 0 aliphatic heterocycles. The van der Waals surface area contributed by atoms with Crippen molar-refractivity contribution in [2.45, 2.75) is 11.8 Å². The quantitative estimate of drug-likeness (QED) is 0.156. The van der Waals surface area contributed by atoms with E-state index in [0.29, 0.717) is 17.5 Å². The van der Waals surface area contributed by atoms with Crippen LogP contribution in [-0.2, 0) is 0 Å². The monoisotopic (exact) mass is 680 g/mol. The number of rotatable bonds is 7. The molecule has 0 spiro atoms. The number of furan rings is 1. The van der Waals surface area contributed by atoms with E-state index in [0.717, 1.165) is 74.8 Å². The molecule has 0 saturated carbocycles. The van der Waals surface area contributed by atoms with E-state index < -0.39 is 0 Å². The second-order valence-electron chi connectivity index (χ2n) is 12.0. The Bertz CT molecular complexity index is 2700. The number of aromatic nitrogens is 4. The normalized spacial score (nSPS) is 11.5. The standard InChI is InChI=1S/C43H28N4OS2/c1-26-13-6-10-21-37(26)49-27(2)29-23-30(25-31(24-29)43-44-35-19-8-11-22-38(35)50-43)41-45-40(28-14-4-3-5-15-28)46-42(47-41)34-18-12-17-33-32-16-7-9-20-36(32)48-39(33)34/h3-25H,2H2,1H3. The van der Waals surface area contributed by atoms with E-state index in [1.54, 1.807) is 23.1 Å². The molecule has 3 heterocycles. The Kier molecular flexibility index (Phi) is 7.57. The smallest absolute Gasteiger partial charge is 0.167 e. The van der Waals surface area contributed by atoms with Crippen molar-refractivity contribution >= 4 is 60.2 Å². The molecule has 0 radical (unpaired) electrons. The third kappa shape index (κ3) is 5.56. The second-order valence-corrected chi connectivity index (χ2v) is 14.2. The summed E-state index contributed by atoms with van der Waals surface area (Å²) in [6.45, 7) is 6.66. The molecule has 50 heavy (non-hydrogen) atoms. The van der Waals surface area contributed by atoms with E-state index in [4.69, 9.17) is 24.4 Å². The number of hydrogen-bond acceptors (Lipinski definition) is 7. The van der Waals surface area contributed by atoms with Crippen LogP contribution in [0.15, 0.2) is 155 Å². The summed E-state index contributed by atoms with van der Waals surface area (Å²) in [6.07, 6.45) is 0. The fourth-order valence-electron chi connectivity index (χ4n) is 6.16. The van der Waals surface area contributed by atoms with Crippen LogP contribution in [0.4, 0.5) is 0 Å². The molecule has 6 aromatic carbocycles. The first kappa shape index (κ1) is 30.2. The minimum atomic E-state index is 0.540. The zero-order chi connectivity index (χ0) is 33.6. The van der Waals surface area contributed by atoms with Crippen molar-refractivity contribution in [3.8, 4) is 44.7 Å². The summed E-state index contributed by atoms with van der Waals surface area (Å²) >= 11 is 3.33. The molecule has 0 saturated heterocycles. The van der Waals surface area contributed by atoms with Gasteiger partial charge < -0.3 is 4.42 Å². The lowest BCUT2D eigenvalue weighted by Gasteiger charge is -2.13. The van der Waals surface area contributed by atoms with E-state index in [-0.39, 0.29) is 0 Å². The molecular weight excluding hydrogens is 653 g/mol. The van der Waals surface area contributed by atoms with Gasteiger partial charge in [-0.15, -0.1) is 11.3 Å². The molecule has 0 aliphatic carbocycles. The highest BCUT2D eigenvalue weighted by Crippen LogP contribution is 2.41. The van der Waals surface area contributed by atoms with Gasteiger partial charge >= 0.3 is 0 Å². The van der Waals surface area contributed by atoms with Crippen molar-refractivity contribution in [2.75, 3.05) is 0 Å². The first-order valence-electron chi connectivity index (χ1n) is 16.2. The van der Waals surface area contributed by atoms with Crippen molar-refractivity contribution in [1.82, 2.24) is 19.9 Å². The number of thioether (sulfide) groups is 1. The van der Waals surface area contributed by atoms with E-state index >= 15 is 0 Å². The first-order chi connectivity index (χ1) is 24.6. The largest absolute Gasteiger partial charge is 0.455 e. The summed E-state index contributed by atoms with van der Waals surface area (Å²) in [6, 6.07) is 47.3. The minimum Gasteiger partial charge on any atom is -0.455 e. The molecule has 0 bridgehead atoms. The third-order valence-electron chi connectivity index (χ3n) is 8.69. The summed E-state index contributed by atoms with van der Waals surface area (Å²) in [5.41, 5.74) is 8.26. The third-order valence-corrected chi connectivity index (χ3v) is 10.9. The van der Waals surface area contributed by atoms with Crippen LogP contribution in [-0.4, -0.2) is 19.9 Å². The Balaban J connectivity index is 1.25. The number of thiazole rings is 1. The van der Waals surface area contributed by atoms with Gasteiger partial charge in [-0.2, -0.15) is 0 Å². The van der Waals surface area contributed by atoms with Crippen LogP contribution in [0.2, 0.25) is 0 Å². The van der Waals surface area contributed by atoms with Gasteiger partial charge in [0.1, 0.15) is 16.2 Å². The zero-order valence-electron chi connectivity index (χ0n) is 27.0. The lowest BCUT2D eigenvalue weighted by atomic mass is 10.0. The van der Waals surface area contributed by atoms with Crippen molar-refractivity contribution < 1.29 is 4.42 Å². The summed E-state index contributed by atoms with van der Waals surface area (Å²) in [5.74, 6) is 1.68. The Labute approximate surface area is 297 Å². The molecule has 3 aromatic heterocycles. The summed E-state index contributed by atoms with van der Waals surface area (Å²) in [5, 5.41) is 3.00. The van der Waals surface area contributed by atoms with Gasteiger partial charge in [0.25, 0.3) is 0 Å². The number of fused-ring (bicyclic) bond motifs is 4. The van der Waals surface area contributed by atoms with Crippen molar-refractivity contribution in [3.05, 3.63) is 157 Å². The first-order valence-corrected chi connectivity index (χ1v) is 17.9. The highest BCUT2D eigenvalue weighted by molar-refractivity contribution is 8.08. The summed E-state index contributed by atoms with van der Waals surface area (Å²) < 4.78 is 7.56. The molecule has 5 nitrogen and oxygen atoms in total. The summed E-state index contributed by atoms with van der Waals surface area (Å²) in [7, 11) is 0. The van der Waals surface area contributed by atoms with Crippen LogP contribution in [0, 0.1) is 6.92 Å². The molecule has 7 heteroatoms. The number of hydrogen-bond donors (Lipinski definition) is 0. The number of para-hydroxylation sites is 3. The number of benzene rings is 6. The highest BCUT2D eigenvalue weighted by Gasteiger charge is 2.19. The molecule has 9 aromatic rings. The Morgan fingerprint density at radius 2 is 1.32 bits per heavy atom. The van der Waals surface area contributed by atoms with Crippen LogP contribution in [0.1, 0.15) is 11.1 Å².